The first kappa shape index (κ1) is 20.5. The molecule has 0 amide bonds. The van der Waals surface area contributed by atoms with E-state index in [2.05, 4.69) is 20.2 Å². The Kier molecular flexibility index (Phi) is 4.65. The van der Waals surface area contributed by atoms with Crippen LogP contribution in [-0.4, -0.2) is 47.4 Å². The molecule has 9 heteroatoms. The van der Waals surface area contributed by atoms with Gasteiger partial charge in [0.2, 0.25) is 5.88 Å². The number of anilines is 2. The normalized spacial score (nSPS) is 21.7. The molecule has 0 radical (unpaired) electrons. The predicted molar refractivity (Wildman–Crippen MR) is 120 cm³/mol. The fraction of sp³-hybridized carbons (Fsp3) is 0.458. The van der Waals surface area contributed by atoms with Gasteiger partial charge >= 0.3 is 0 Å². The highest BCUT2D eigenvalue weighted by Crippen LogP contribution is 2.44. The Morgan fingerprint density at radius 1 is 1.21 bits per heavy atom. The summed E-state index contributed by atoms with van der Waals surface area (Å²) in [5.74, 6) is -0.977. The van der Waals surface area contributed by atoms with Gasteiger partial charge in [-0.2, -0.15) is 4.98 Å². The number of hydrogen-bond acceptors (Lipinski definition) is 7. The summed E-state index contributed by atoms with van der Waals surface area (Å²) in [5.41, 5.74) is 3.20. The van der Waals surface area contributed by atoms with E-state index in [1.54, 1.807) is 6.07 Å². The third kappa shape index (κ3) is 3.37. The van der Waals surface area contributed by atoms with Gasteiger partial charge in [0.1, 0.15) is 23.9 Å². The second-order valence-corrected chi connectivity index (χ2v) is 8.98. The van der Waals surface area contributed by atoms with E-state index in [4.69, 9.17) is 14.5 Å². The Morgan fingerprint density at radius 2 is 2.09 bits per heavy atom. The van der Waals surface area contributed by atoms with Crippen molar-refractivity contribution in [2.75, 3.05) is 36.6 Å². The van der Waals surface area contributed by atoms with E-state index in [0.717, 1.165) is 28.7 Å². The third-order valence-electron chi connectivity index (χ3n) is 6.81. The van der Waals surface area contributed by atoms with Crippen molar-refractivity contribution in [1.82, 2.24) is 15.0 Å². The summed E-state index contributed by atoms with van der Waals surface area (Å²) in [5, 5.41) is 4.24. The number of alkyl halides is 2. The molecule has 2 aliphatic heterocycles. The van der Waals surface area contributed by atoms with Crippen LogP contribution in [0.15, 0.2) is 24.3 Å². The van der Waals surface area contributed by atoms with Crippen molar-refractivity contribution >= 4 is 22.5 Å². The van der Waals surface area contributed by atoms with Crippen LogP contribution in [0.3, 0.4) is 0 Å². The van der Waals surface area contributed by atoms with Gasteiger partial charge in [0, 0.05) is 18.5 Å². The Bertz CT molecular complexity index is 1250. The van der Waals surface area contributed by atoms with Crippen LogP contribution in [0.4, 0.5) is 20.3 Å². The van der Waals surface area contributed by atoms with Crippen LogP contribution < -0.4 is 15.0 Å². The first-order chi connectivity index (χ1) is 15.9. The zero-order valence-electron chi connectivity index (χ0n) is 18.6. The highest BCUT2D eigenvalue weighted by atomic mass is 19.3. The maximum atomic E-state index is 14.3. The molecule has 2 aromatic heterocycles. The molecule has 1 saturated heterocycles. The van der Waals surface area contributed by atoms with Crippen molar-refractivity contribution in [2.45, 2.75) is 44.7 Å². The molecule has 1 N–H and O–H groups in total. The van der Waals surface area contributed by atoms with Crippen LogP contribution in [0.1, 0.15) is 41.9 Å². The van der Waals surface area contributed by atoms with Crippen molar-refractivity contribution in [3.05, 3.63) is 46.8 Å². The standard InChI is InChI=1S/C24H25F2N5O2/c1-13(16-4-3-5-19-17(16)6-7-24(19,25)26)27-21-18-10-20-23(30-22(18)29-14(2)28-21)33-12-15-11-32-9-8-31(15)20/h3-5,10,13,15H,6-9,11-12H2,1-2H3,(H,27,28,29,30)/t13-,15?/m1/s1. The van der Waals surface area contributed by atoms with Gasteiger partial charge in [0.15, 0.2) is 5.65 Å². The number of nitrogens with zero attached hydrogens (tertiary/aromatic N) is 4. The van der Waals surface area contributed by atoms with E-state index in [9.17, 15) is 8.78 Å². The molecule has 0 saturated carbocycles. The number of morpholine rings is 1. The van der Waals surface area contributed by atoms with Crippen molar-refractivity contribution in [3.63, 3.8) is 0 Å². The molecule has 6 rings (SSSR count). The van der Waals surface area contributed by atoms with Gasteiger partial charge in [-0.1, -0.05) is 18.2 Å². The van der Waals surface area contributed by atoms with E-state index in [1.165, 1.54) is 6.07 Å². The molecule has 1 aliphatic carbocycles. The molecule has 3 aliphatic rings. The molecule has 1 fully saturated rings. The SMILES string of the molecule is Cc1nc(N[C@H](C)c2cccc3c2CCC3(F)F)c2cc3c(nc2n1)OCC1COCCN31. The summed E-state index contributed by atoms with van der Waals surface area (Å²) >= 11 is 0. The van der Waals surface area contributed by atoms with Gasteiger partial charge in [-0.3, -0.25) is 0 Å². The Labute approximate surface area is 190 Å². The number of fused-ring (bicyclic) bond motifs is 5. The van der Waals surface area contributed by atoms with E-state index in [0.29, 0.717) is 49.4 Å². The average Bonchev–Trinajstić information content (AvgIpc) is 3.12. The molecule has 3 aromatic rings. The van der Waals surface area contributed by atoms with E-state index >= 15 is 0 Å². The molecular weight excluding hydrogens is 428 g/mol. The minimum atomic E-state index is -2.76. The average molecular weight is 453 g/mol. The number of benzene rings is 1. The molecular formula is C24H25F2N5O2. The van der Waals surface area contributed by atoms with E-state index in [1.807, 2.05) is 26.0 Å². The number of ether oxygens (including phenoxy) is 2. The second-order valence-electron chi connectivity index (χ2n) is 8.98. The van der Waals surface area contributed by atoms with Crippen LogP contribution in [0, 0.1) is 6.92 Å². The molecule has 0 bridgehead atoms. The van der Waals surface area contributed by atoms with Gasteiger partial charge in [-0.15, -0.1) is 0 Å². The van der Waals surface area contributed by atoms with Crippen molar-refractivity contribution in [1.29, 1.82) is 0 Å². The van der Waals surface area contributed by atoms with Crippen LogP contribution >= 0.6 is 0 Å². The fourth-order valence-electron chi connectivity index (χ4n) is 5.18. The number of aryl methyl sites for hydroxylation is 1. The highest BCUT2D eigenvalue weighted by Gasteiger charge is 2.40. The topological polar surface area (TPSA) is 72.4 Å². The van der Waals surface area contributed by atoms with Crippen molar-refractivity contribution < 1.29 is 18.3 Å². The number of aromatic nitrogens is 3. The van der Waals surface area contributed by atoms with Gasteiger partial charge in [-0.05, 0) is 37.5 Å². The maximum absolute atomic E-state index is 14.3. The lowest BCUT2D eigenvalue weighted by molar-refractivity contribution is -0.00184. The number of nitrogens with one attached hydrogen (secondary N) is 1. The summed E-state index contributed by atoms with van der Waals surface area (Å²) in [4.78, 5) is 16.1. The lowest BCUT2D eigenvalue weighted by Crippen LogP contribution is -2.51. The quantitative estimate of drug-likeness (QED) is 0.639. The number of halogens is 2. The van der Waals surface area contributed by atoms with Gasteiger partial charge in [0.05, 0.1) is 30.7 Å². The molecule has 1 unspecified atom stereocenters. The lowest BCUT2D eigenvalue weighted by atomic mass is 9.97. The molecule has 33 heavy (non-hydrogen) atoms. The Hall–Kier alpha value is -3.07. The first-order valence-electron chi connectivity index (χ1n) is 11.3. The predicted octanol–water partition coefficient (Wildman–Crippen LogP) is 4.14. The van der Waals surface area contributed by atoms with Gasteiger partial charge < -0.3 is 19.7 Å². The number of hydrogen-bond donors (Lipinski definition) is 1. The fourth-order valence-corrected chi connectivity index (χ4v) is 5.18. The van der Waals surface area contributed by atoms with E-state index in [-0.39, 0.29) is 24.1 Å². The zero-order chi connectivity index (χ0) is 22.7. The van der Waals surface area contributed by atoms with Crippen LogP contribution in [0.2, 0.25) is 0 Å². The smallest absolute Gasteiger partial charge is 0.273 e. The summed E-state index contributed by atoms with van der Waals surface area (Å²) in [7, 11) is 0. The van der Waals surface area contributed by atoms with Crippen LogP contribution in [0.25, 0.3) is 11.0 Å². The second kappa shape index (κ2) is 7.48. The minimum absolute atomic E-state index is 0.140. The van der Waals surface area contributed by atoms with Gasteiger partial charge in [-0.25, -0.2) is 18.7 Å². The summed E-state index contributed by atoms with van der Waals surface area (Å²) < 4.78 is 40.1. The molecule has 4 heterocycles. The third-order valence-corrected chi connectivity index (χ3v) is 6.81. The number of pyridine rings is 1. The van der Waals surface area contributed by atoms with Crippen molar-refractivity contribution in [2.24, 2.45) is 0 Å². The largest absolute Gasteiger partial charge is 0.474 e. The lowest BCUT2D eigenvalue weighted by Gasteiger charge is -2.40. The summed E-state index contributed by atoms with van der Waals surface area (Å²) in [6, 6.07) is 7.13. The summed E-state index contributed by atoms with van der Waals surface area (Å²) in [6.45, 7) is 6.36. The molecule has 7 nitrogen and oxygen atoms in total. The molecule has 2 atom stereocenters. The summed E-state index contributed by atoms with van der Waals surface area (Å²) in [6.07, 6.45) is 0.233. The molecule has 0 spiro atoms. The van der Waals surface area contributed by atoms with E-state index < -0.39 is 5.92 Å². The molecule has 172 valence electrons. The van der Waals surface area contributed by atoms with Crippen LogP contribution in [-0.2, 0) is 17.1 Å². The van der Waals surface area contributed by atoms with Gasteiger partial charge in [0.25, 0.3) is 5.92 Å². The Balaban J connectivity index is 1.40. The van der Waals surface area contributed by atoms with Crippen LogP contribution in [0.5, 0.6) is 5.88 Å². The van der Waals surface area contributed by atoms with Crippen molar-refractivity contribution in [3.8, 4) is 5.88 Å². The first-order valence-corrected chi connectivity index (χ1v) is 11.3. The molecule has 1 aromatic carbocycles. The number of rotatable bonds is 3. The Morgan fingerprint density at radius 3 is 2.97 bits per heavy atom. The zero-order valence-corrected chi connectivity index (χ0v) is 18.6. The highest BCUT2D eigenvalue weighted by molar-refractivity contribution is 5.91. The minimum Gasteiger partial charge on any atom is -0.474 e. The maximum Gasteiger partial charge on any atom is 0.273 e. The monoisotopic (exact) mass is 453 g/mol.